The summed E-state index contributed by atoms with van der Waals surface area (Å²) in [7, 11) is 1.51. The van der Waals surface area contributed by atoms with Crippen molar-refractivity contribution in [2.24, 2.45) is 0 Å². The molecule has 1 amide bonds. The first-order chi connectivity index (χ1) is 10.6. The van der Waals surface area contributed by atoms with Gasteiger partial charge in [-0.3, -0.25) is 9.59 Å². The first-order valence-corrected chi connectivity index (χ1v) is 8.02. The average molecular weight is 339 g/mol. The summed E-state index contributed by atoms with van der Waals surface area (Å²) in [4.78, 5) is 28.1. The number of rotatable bonds is 7. The van der Waals surface area contributed by atoms with Crippen LogP contribution in [0.4, 0.5) is 5.13 Å². The van der Waals surface area contributed by atoms with Crippen LogP contribution >= 0.6 is 22.9 Å². The number of benzene rings is 1. The van der Waals surface area contributed by atoms with Crippen LogP contribution in [0.25, 0.3) is 0 Å². The third kappa shape index (κ3) is 4.29. The molecule has 0 saturated carbocycles. The molecule has 0 aliphatic rings. The molecule has 0 radical (unpaired) electrons. The fraction of sp³-hybridized carbons (Fsp3) is 0.267. The highest BCUT2D eigenvalue weighted by atomic mass is 35.5. The van der Waals surface area contributed by atoms with Crippen molar-refractivity contribution in [1.82, 2.24) is 4.98 Å². The Labute approximate surface area is 137 Å². The van der Waals surface area contributed by atoms with Crippen LogP contribution in [0.3, 0.4) is 0 Å². The average Bonchev–Trinajstić information content (AvgIpc) is 3.00. The van der Waals surface area contributed by atoms with Crippen molar-refractivity contribution in [3.8, 4) is 5.75 Å². The zero-order chi connectivity index (χ0) is 15.9. The molecule has 1 heterocycles. The minimum Gasteiger partial charge on any atom is -0.496 e. The number of methoxy groups -OCH3 is 1. The molecule has 22 heavy (non-hydrogen) atoms. The number of alkyl halides is 1. The number of amides is 1. The molecule has 0 spiro atoms. The van der Waals surface area contributed by atoms with E-state index in [9.17, 15) is 9.59 Å². The van der Waals surface area contributed by atoms with Crippen LogP contribution in [0, 0.1) is 0 Å². The van der Waals surface area contributed by atoms with Crippen molar-refractivity contribution in [2.75, 3.05) is 12.4 Å². The summed E-state index contributed by atoms with van der Waals surface area (Å²) in [5.41, 5.74) is 1.20. The molecular weight excluding hydrogens is 324 g/mol. The molecule has 1 N–H and O–H groups in total. The van der Waals surface area contributed by atoms with Gasteiger partial charge in [-0.1, -0.05) is 12.1 Å². The summed E-state index contributed by atoms with van der Waals surface area (Å²) in [6.45, 7) is 0. The van der Waals surface area contributed by atoms with Gasteiger partial charge in [0, 0.05) is 18.2 Å². The number of carbonyl (C=O) groups excluding carboxylic acids is 2. The smallest absolute Gasteiger partial charge is 0.226 e. The molecule has 0 aliphatic heterocycles. The van der Waals surface area contributed by atoms with Gasteiger partial charge in [0.1, 0.15) is 5.75 Å². The Morgan fingerprint density at radius 1 is 1.32 bits per heavy atom. The van der Waals surface area contributed by atoms with E-state index in [4.69, 9.17) is 16.3 Å². The SMILES string of the molecule is COc1ccccc1C(=O)CCC(=O)Nc1nc(CCl)cs1. The summed E-state index contributed by atoms with van der Waals surface area (Å²) in [5.74, 6) is 0.435. The standard InChI is InChI=1S/C15H15ClN2O3S/c1-21-13-5-3-2-4-11(13)12(19)6-7-14(20)18-15-17-10(8-16)9-22-15/h2-5,9H,6-8H2,1H3,(H,17,18,20). The van der Waals surface area contributed by atoms with E-state index >= 15 is 0 Å². The number of hydrogen-bond donors (Lipinski definition) is 1. The van der Waals surface area contributed by atoms with Crippen molar-refractivity contribution in [1.29, 1.82) is 0 Å². The third-order valence-electron chi connectivity index (χ3n) is 2.92. The van der Waals surface area contributed by atoms with Gasteiger partial charge in [-0.2, -0.15) is 0 Å². The van der Waals surface area contributed by atoms with Gasteiger partial charge in [-0.05, 0) is 12.1 Å². The number of hydrogen-bond acceptors (Lipinski definition) is 5. The number of carbonyl (C=O) groups is 2. The summed E-state index contributed by atoms with van der Waals surface area (Å²) in [5, 5.41) is 4.93. The van der Waals surface area contributed by atoms with Gasteiger partial charge in [0.05, 0.1) is 24.2 Å². The molecule has 7 heteroatoms. The number of para-hydroxylation sites is 1. The zero-order valence-corrected chi connectivity index (χ0v) is 13.5. The van der Waals surface area contributed by atoms with E-state index in [1.807, 2.05) is 0 Å². The van der Waals surface area contributed by atoms with Gasteiger partial charge in [0.15, 0.2) is 10.9 Å². The largest absolute Gasteiger partial charge is 0.496 e. The third-order valence-corrected chi connectivity index (χ3v) is 4.00. The molecule has 2 rings (SSSR count). The second-order valence-corrected chi connectivity index (χ2v) is 5.57. The van der Waals surface area contributed by atoms with Crippen LogP contribution in [-0.4, -0.2) is 23.8 Å². The Hall–Kier alpha value is -1.92. The summed E-state index contributed by atoms with van der Waals surface area (Å²) >= 11 is 6.96. The number of aromatic nitrogens is 1. The monoisotopic (exact) mass is 338 g/mol. The maximum Gasteiger partial charge on any atom is 0.226 e. The summed E-state index contributed by atoms with van der Waals surface area (Å²) < 4.78 is 5.14. The molecule has 0 aliphatic carbocycles. The van der Waals surface area contributed by atoms with Crippen molar-refractivity contribution in [2.45, 2.75) is 18.7 Å². The molecule has 0 atom stereocenters. The van der Waals surface area contributed by atoms with Crippen molar-refractivity contribution < 1.29 is 14.3 Å². The molecule has 2 aromatic rings. The summed E-state index contributed by atoms with van der Waals surface area (Å²) in [6, 6.07) is 6.96. The Bertz CT molecular complexity index is 672. The second kappa shape index (κ2) is 7.91. The molecule has 116 valence electrons. The number of ketones is 1. The quantitative estimate of drug-likeness (QED) is 0.619. The number of nitrogens with one attached hydrogen (secondary N) is 1. The lowest BCUT2D eigenvalue weighted by molar-refractivity contribution is -0.116. The molecule has 5 nitrogen and oxygen atoms in total. The lowest BCUT2D eigenvalue weighted by Gasteiger charge is -2.07. The van der Waals surface area contributed by atoms with Gasteiger partial charge in [0.25, 0.3) is 0 Å². The Morgan fingerprint density at radius 3 is 2.77 bits per heavy atom. The van der Waals surface area contributed by atoms with Gasteiger partial charge >= 0.3 is 0 Å². The highest BCUT2D eigenvalue weighted by Gasteiger charge is 2.14. The number of anilines is 1. The zero-order valence-electron chi connectivity index (χ0n) is 12.0. The van der Waals surface area contributed by atoms with E-state index in [1.165, 1.54) is 18.4 Å². The van der Waals surface area contributed by atoms with E-state index in [-0.39, 0.29) is 24.5 Å². The van der Waals surface area contributed by atoms with E-state index in [0.29, 0.717) is 28.0 Å². The van der Waals surface area contributed by atoms with Crippen LogP contribution in [0.1, 0.15) is 28.9 Å². The number of thiazole rings is 1. The predicted octanol–water partition coefficient (Wildman–Crippen LogP) is 3.49. The minimum absolute atomic E-state index is 0.0900. The fourth-order valence-electron chi connectivity index (χ4n) is 1.84. The van der Waals surface area contributed by atoms with E-state index < -0.39 is 0 Å². The second-order valence-electron chi connectivity index (χ2n) is 4.45. The molecule has 0 fully saturated rings. The normalized spacial score (nSPS) is 10.3. The maximum absolute atomic E-state index is 12.1. The summed E-state index contributed by atoms with van der Waals surface area (Å²) in [6.07, 6.45) is 0.201. The predicted molar refractivity (Wildman–Crippen MR) is 86.9 cm³/mol. The van der Waals surface area contributed by atoms with Crippen LogP contribution in [0.15, 0.2) is 29.6 Å². The number of nitrogens with zero attached hydrogens (tertiary/aromatic N) is 1. The number of halogens is 1. The van der Waals surface area contributed by atoms with Gasteiger partial charge in [-0.25, -0.2) is 4.98 Å². The van der Waals surface area contributed by atoms with Crippen LogP contribution in [-0.2, 0) is 10.7 Å². The molecule has 0 bridgehead atoms. The lowest BCUT2D eigenvalue weighted by atomic mass is 10.1. The first-order valence-electron chi connectivity index (χ1n) is 6.60. The van der Waals surface area contributed by atoms with Crippen LogP contribution in [0.5, 0.6) is 5.75 Å². The number of Topliss-reactive ketones (excluding diaryl/α,β-unsaturated/α-hetero) is 1. The van der Waals surface area contributed by atoms with Gasteiger partial charge in [-0.15, -0.1) is 22.9 Å². The lowest BCUT2D eigenvalue weighted by Crippen LogP contribution is -2.13. The minimum atomic E-state index is -0.251. The topological polar surface area (TPSA) is 68.3 Å². The van der Waals surface area contributed by atoms with Crippen molar-refractivity contribution in [3.05, 3.63) is 40.9 Å². The fourth-order valence-corrected chi connectivity index (χ4v) is 2.80. The van der Waals surface area contributed by atoms with Gasteiger partial charge < -0.3 is 10.1 Å². The van der Waals surface area contributed by atoms with E-state index in [2.05, 4.69) is 10.3 Å². The Morgan fingerprint density at radius 2 is 2.09 bits per heavy atom. The molecule has 1 aromatic carbocycles. The van der Waals surface area contributed by atoms with Crippen molar-refractivity contribution in [3.63, 3.8) is 0 Å². The first kappa shape index (κ1) is 16.5. The van der Waals surface area contributed by atoms with Gasteiger partial charge in [0.2, 0.25) is 5.91 Å². The molecule has 1 aromatic heterocycles. The van der Waals surface area contributed by atoms with Crippen molar-refractivity contribution >= 4 is 39.8 Å². The van der Waals surface area contributed by atoms with E-state index in [1.54, 1.807) is 29.6 Å². The maximum atomic E-state index is 12.1. The number of ether oxygens (including phenoxy) is 1. The highest BCUT2D eigenvalue weighted by molar-refractivity contribution is 7.13. The van der Waals surface area contributed by atoms with Crippen LogP contribution in [0.2, 0.25) is 0 Å². The van der Waals surface area contributed by atoms with E-state index in [0.717, 1.165) is 0 Å². The molecular formula is C15H15ClN2O3S. The Balaban J connectivity index is 1.89. The molecule has 0 unspecified atom stereocenters. The molecule has 0 saturated heterocycles. The highest BCUT2D eigenvalue weighted by Crippen LogP contribution is 2.20. The Kier molecular flexibility index (Phi) is 5.91. The van der Waals surface area contributed by atoms with Crippen LogP contribution < -0.4 is 10.1 Å².